The molecule has 9 heteroatoms. The second-order valence-electron chi connectivity index (χ2n) is 5.47. The summed E-state index contributed by atoms with van der Waals surface area (Å²) in [6, 6.07) is 10.0. The monoisotopic (exact) mass is 388 g/mol. The first kappa shape index (κ1) is 18.4. The van der Waals surface area contributed by atoms with Crippen molar-refractivity contribution in [3.8, 4) is 5.69 Å². The minimum Gasteiger partial charge on any atom is -0.465 e. The predicted molar refractivity (Wildman–Crippen MR) is 98.7 cm³/mol. The van der Waals surface area contributed by atoms with Gasteiger partial charge >= 0.3 is 5.97 Å². The average molecular weight is 389 g/mol. The summed E-state index contributed by atoms with van der Waals surface area (Å²) < 4.78 is 19.1. The lowest BCUT2D eigenvalue weighted by atomic mass is 10.2. The number of hydrogen-bond donors (Lipinski definition) is 2. The summed E-state index contributed by atoms with van der Waals surface area (Å²) in [6.07, 6.45) is 1.30. The quantitative estimate of drug-likeness (QED) is 0.668. The molecule has 3 aromatic rings. The highest BCUT2D eigenvalue weighted by atomic mass is 35.5. The van der Waals surface area contributed by atoms with E-state index in [2.05, 4.69) is 15.2 Å². The summed E-state index contributed by atoms with van der Waals surface area (Å²) in [7, 11) is 1.25. The molecule has 0 radical (unpaired) electrons. The fourth-order valence-corrected chi connectivity index (χ4v) is 2.58. The van der Waals surface area contributed by atoms with Crippen molar-refractivity contribution in [2.24, 2.45) is 0 Å². The van der Waals surface area contributed by atoms with Crippen LogP contribution in [0.4, 0.5) is 15.9 Å². The van der Waals surface area contributed by atoms with E-state index in [0.717, 1.165) is 6.07 Å². The van der Waals surface area contributed by atoms with Gasteiger partial charge in [-0.15, -0.1) is 0 Å². The Morgan fingerprint density at radius 2 is 1.93 bits per heavy atom. The summed E-state index contributed by atoms with van der Waals surface area (Å²) in [5.74, 6) is -1.38. The van der Waals surface area contributed by atoms with Crippen LogP contribution in [0.2, 0.25) is 5.02 Å². The van der Waals surface area contributed by atoms with E-state index < -0.39 is 17.7 Å². The van der Waals surface area contributed by atoms with Gasteiger partial charge in [0.15, 0.2) is 0 Å². The van der Waals surface area contributed by atoms with Gasteiger partial charge in [0, 0.05) is 5.56 Å². The fraction of sp³-hybridized carbons (Fsp3) is 0.0556. The Hall–Kier alpha value is -3.39. The molecule has 0 unspecified atom stereocenters. The summed E-state index contributed by atoms with van der Waals surface area (Å²) in [4.78, 5) is 23.9. The summed E-state index contributed by atoms with van der Waals surface area (Å²) in [5, 5.41) is 6.76. The average Bonchev–Trinajstić information content (AvgIpc) is 3.05. The number of halogens is 2. The Morgan fingerprint density at radius 3 is 2.56 bits per heavy atom. The SMILES string of the molecule is COC(=O)c1cnn(-c2ccc(C(=O)Nc3ccc(F)cc3Cl)cc2)c1N. The molecule has 27 heavy (non-hydrogen) atoms. The zero-order chi connectivity index (χ0) is 19.6. The number of nitrogens with zero attached hydrogens (tertiary/aromatic N) is 2. The first-order valence-corrected chi connectivity index (χ1v) is 8.07. The van der Waals surface area contributed by atoms with Crippen LogP contribution < -0.4 is 11.1 Å². The van der Waals surface area contributed by atoms with Crippen molar-refractivity contribution in [2.45, 2.75) is 0 Å². The van der Waals surface area contributed by atoms with Gasteiger partial charge in [0.25, 0.3) is 5.91 Å². The Kier molecular flexibility index (Phi) is 5.09. The number of benzene rings is 2. The van der Waals surface area contributed by atoms with E-state index in [1.165, 1.54) is 30.1 Å². The number of anilines is 2. The van der Waals surface area contributed by atoms with Crippen molar-refractivity contribution in [2.75, 3.05) is 18.2 Å². The molecule has 3 N–H and O–H groups in total. The molecule has 0 aliphatic heterocycles. The van der Waals surface area contributed by atoms with Gasteiger partial charge in [0.05, 0.1) is 29.7 Å². The van der Waals surface area contributed by atoms with Crippen LogP contribution >= 0.6 is 11.6 Å². The predicted octanol–water partition coefficient (Wildman–Crippen LogP) is 3.29. The Labute approximate surface area is 158 Å². The number of esters is 1. The Bertz CT molecular complexity index is 1020. The van der Waals surface area contributed by atoms with Gasteiger partial charge in [-0.25, -0.2) is 13.9 Å². The number of amides is 1. The molecule has 138 valence electrons. The maximum Gasteiger partial charge on any atom is 0.343 e. The maximum absolute atomic E-state index is 13.1. The van der Waals surface area contributed by atoms with Crippen molar-refractivity contribution in [1.82, 2.24) is 9.78 Å². The molecule has 1 heterocycles. The van der Waals surface area contributed by atoms with Crippen molar-refractivity contribution < 1.29 is 18.7 Å². The van der Waals surface area contributed by atoms with Gasteiger partial charge in [-0.3, -0.25) is 4.79 Å². The van der Waals surface area contributed by atoms with Crippen LogP contribution in [0.5, 0.6) is 0 Å². The van der Waals surface area contributed by atoms with Crippen LogP contribution in [0, 0.1) is 5.82 Å². The first-order valence-electron chi connectivity index (χ1n) is 7.69. The number of hydrogen-bond acceptors (Lipinski definition) is 5. The van der Waals surface area contributed by atoms with Crippen molar-refractivity contribution in [1.29, 1.82) is 0 Å². The van der Waals surface area contributed by atoms with Gasteiger partial charge in [0.1, 0.15) is 17.2 Å². The number of ether oxygens (including phenoxy) is 1. The highest BCUT2D eigenvalue weighted by Gasteiger charge is 2.17. The van der Waals surface area contributed by atoms with Crippen LogP contribution in [0.25, 0.3) is 5.69 Å². The van der Waals surface area contributed by atoms with Gasteiger partial charge in [-0.1, -0.05) is 11.6 Å². The molecular weight excluding hydrogens is 375 g/mol. The molecule has 1 aromatic heterocycles. The van der Waals surface area contributed by atoms with Crippen molar-refractivity contribution in [3.05, 3.63) is 70.6 Å². The summed E-state index contributed by atoms with van der Waals surface area (Å²) in [5.41, 5.74) is 7.26. The highest BCUT2D eigenvalue weighted by Crippen LogP contribution is 2.23. The van der Waals surface area contributed by atoms with E-state index in [1.54, 1.807) is 24.3 Å². The number of nitrogens with one attached hydrogen (secondary N) is 1. The third-order valence-electron chi connectivity index (χ3n) is 3.77. The van der Waals surface area contributed by atoms with E-state index in [-0.39, 0.29) is 16.4 Å². The van der Waals surface area contributed by atoms with Gasteiger partial charge in [-0.05, 0) is 42.5 Å². The van der Waals surface area contributed by atoms with E-state index >= 15 is 0 Å². The number of aromatic nitrogens is 2. The molecule has 3 rings (SSSR count). The third kappa shape index (κ3) is 3.75. The molecule has 7 nitrogen and oxygen atoms in total. The molecular formula is C18H14ClFN4O3. The first-order chi connectivity index (χ1) is 12.9. The smallest absolute Gasteiger partial charge is 0.343 e. The Balaban J connectivity index is 1.80. The van der Waals surface area contributed by atoms with Gasteiger partial charge < -0.3 is 15.8 Å². The number of methoxy groups -OCH3 is 1. The molecule has 0 aliphatic carbocycles. The lowest BCUT2D eigenvalue weighted by Crippen LogP contribution is -2.12. The number of nitrogens with two attached hydrogens (primary N) is 1. The van der Waals surface area contributed by atoms with E-state index in [0.29, 0.717) is 16.9 Å². The summed E-state index contributed by atoms with van der Waals surface area (Å²) in [6.45, 7) is 0. The van der Waals surface area contributed by atoms with E-state index in [1.807, 2.05) is 0 Å². The molecule has 0 atom stereocenters. The minimum atomic E-state index is -0.592. The fourth-order valence-electron chi connectivity index (χ4n) is 2.37. The molecule has 0 spiro atoms. The molecule has 2 aromatic carbocycles. The molecule has 0 fully saturated rings. The number of carbonyl (C=O) groups excluding carboxylic acids is 2. The maximum atomic E-state index is 13.1. The Morgan fingerprint density at radius 1 is 1.22 bits per heavy atom. The number of carbonyl (C=O) groups is 2. The van der Waals surface area contributed by atoms with E-state index in [9.17, 15) is 14.0 Å². The number of nitrogen functional groups attached to an aromatic ring is 1. The third-order valence-corrected chi connectivity index (χ3v) is 4.08. The topological polar surface area (TPSA) is 99.2 Å². The molecule has 0 saturated carbocycles. The zero-order valence-corrected chi connectivity index (χ0v) is 14.8. The highest BCUT2D eigenvalue weighted by molar-refractivity contribution is 6.33. The zero-order valence-electron chi connectivity index (χ0n) is 14.1. The van der Waals surface area contributed by atoms with E-state index in [4.69, 9.17) is 17.3 Å². The molecule has 0 saturated heterocycles. The summed E-state index contributed by atoms with van der Waals surface area (Å²) >= 11 is 5.91. The second kappa shape index (κ2) is 7.46. The lowest BCUT2D eigenvalue weighted by Gasteiger charge is -2.09. The molecule has 0 aliphatic rings. The van der Waals surface area contributed by atoms with Crippen LogP contribution in [0.3, 0.4) is 0 Å². The normalized spacial score (nSPS) is 10.5. The van der Waals surface area contributed by atoms with Crippen LogP contribution in [0.1, 0.15) is 20.7 Å². The minimum absolute atomic E-state index is 0.0969. The number of rotatable bonds is 4. The molecule has 0 bridgehead atoms. The lowest BCUT2D eigenvalue weighted by molar-refractivity contribution is 0.0602. The van der Waals surface area contributed by atoms with Gasteiger partial charge in [-0.2, -0.15) is 5.10 Å². The van der Waals surface area contributed by atoms with Crippen LogP contribution in [-0.2, 0) is 4.74 Å². The second-order valence-corrected chi connectivity index (χ2v) is 5.88. The van der Waals surface area contributed by atoms with Crippen molar-refractivity contribution in [3.63, 3.8) is 0 Å². The molecule has 1 amide bonds. The van der Waals surface area contributed by atoms with Crippen molar-refractivity contribution >= 4 is 35.0 Å². The van der Waals surface area contributed by atoms with Crippen LogP contribution in [0.15, 0.2) is 48.7 Å². The van der Waals surface area contributed by atoms with Gasteiger partial charge in [0.2, 0.25) is 0 Å². The largest absolute Gasteiger partial charge is 0.465 e. The van der Waals surface area contributed by atoms with Crippen LogP contribution in [-0.4, -0.2) is 28.8 Å². The standard InChI is InChI=1S/C18H14ClFN4O3/c1-27-18(26)13-9-22-24(16(13)21)12-5-2-10(3-6-12)17(25)23-15-7-4-11(20)8-14(15)19/h2-9H,21H2,1H3,(H,23,25).